The van der Waals surface area contributed by atoms with Crippen molar-refractivity contribution in [2.24, 2.45) is 0 Å². The average Bonchev–Trinajstić information content (AvgIpc) is 3.27. The minimum absolute atomic E-state index is 0.0318. The van der Waals surface area contributed by atoms with Gasteiger partial charge in [0.15, 0.2) is 17.3 Å². The van der Waals surface area contributed by atoms with Crippen molar-refractivity contribution < 1.29 is 34.1 Å². The Hall–Kier alpha value is -4.39. The Morgan fingerprint density at radius 3 is 2.03 bits per heavy atom. The van der Waals surface area contributed by atoms with Crippen LogP contribution >= 0.6 is 0 Å². The van der Waals surface area contributed by atoms with Gasteiger partial charge in [-0.05, 0) is 35.4 Å². The van der Waals surface area contributed by atoms with E-state index >= 15 is 0 Å². The summed E-state index contributed by atoms with van der Waals surface area (Å²) in [6.07, 6.45) is 0.0798. The van der Waals surface area contributed by atoms with E-state index in [4.69, 9.17) is 14.6 Å². The number of aliphatic carboxylic acids is 1. The molecule has 7 heteroatoms. The fraction of sp³-hybridized carbons (Fsp3) is 0.0800. The average molecular weight is 430 g/mol. The molecule has 2 N–H and O–H groups in total. The van der Waals surface area contributed by atoms with Crippen molar-refractivity contribution in [1.29, 1.82) is 0 Å². The monoisotopic (exact) mass is 430 g/mol. The van der Waals surface area contributed by atoms with Gasteiger partial charge in [0.2, 0.25) is 6.79 Å². The van der Waals surface area contributed by atoms with Crippen LogP contribution in [0.5, 0.6) is 11.5 Å². The number of carbonyl (C=O) groups excluding carboxylic acids is 1. The molecule has 0 amide bonds. The topological polar surface area (TPSA) is 110 Å². The molecule has 1 heterocycles. The SMILES string of the molecule is O=C(O)/C(=C(/Cc1ccccc1)C(=O)c1ccc(C(=O)O)cc1)c1ccc2c(c1)OCO2. The Bertz CT molecular complexity index is 1220. The van der Waals surface area contributed by atoms with Crippen molar-refractivity contribution >= 4 is 23.3 Å². The second-order valence-corrected chi connectivity index (χ2v) is 7.10. The highest BCUT2D eigenvalue weighted by atomic mass is 16.7. The summed E-state index contributed by atoms with van der Waals surface area (Å²) in [7, 11) is 0. The molecule has 4 rings (SSSR count). The molecule has 0 radical (unpaired) electrons. The Morgan fingerprint density at radius 1 is 0.750 bits per heavy atom. The molecule has 3 aromatic carbocycles. The number of allylic oxidation sites excluding steroid dienone is 1. The van der Waals surface area contributed by atoms with Crippen molar-refractivity contribution in [3.63, 3.8) is 0 Å². The molecule has 0 saturated heterocycles. The lowest BCUT2D eigenvalue weighted by Gasteiger charge is -2.14. The minimum atomic E-state index is -1.26. The number of carboxylic acids is 2. The van der Waals surface area contributed by atoms with Crippen molar-refractivity contribution in [2.75, 3.05) is 6.79 Å². The Kier molecular flexibility index (Phi) is 5.72. The number of carbonyl (C=O) groups is 3. The molecule has 0 aliphatic carbocycles. The maximum Gasteiger partial charge on any atom is 0.336 e. The first kappa shape index (κ1) is 20.9. The number of fused-ring (bicyclic) bond motifs is 1. The molecule has 0 fully saturated rings. The third kappa shape index (κ3) is 4.22. The first-order chi connectivity index (χ1) is 15.4. The van der Waals surface area contributed by atoms with Gasteiger partial charge in [-0.25, -0.2) is 9.59 Å². The van der Waals surface area contributed by atoms with Gasteiger partial charge in [0.05, 0.1) is 11.1 Å². The normalized spacial score (nSPS) is 12.8. The molecule has 0 spiro atoms. The van der Waals surface area contributed by atoms with Crippen LogP contribution in [0, 0.1) is 0 Å². The van der Waals surface area contributed by atoms with Gasteiger partial charge in [-0.3, -0.25) is 4.79 Å². The zero-order valence-electron chi connectivity index (χ0n) is 16.8. The minimum Gasteiger partial charge on any atom is -0.478 e. The summed E-state index contributed by atoms with van der Waals surface area (Å²) in [5, 5.41) is 19.2. The Morgan fingerprint density at radius 2 is 1.38 bits per heavy atom. The lowest BCUT2D eigenvalue weighted by molar-refractivity contribution is -0.130. The van der Waals surface area contributed by atoms with Crippen molar-refractivity contribution in [3.8, 4) is 11.5 Å². The molecule has 1 aliphatic heterocycles. The van der Waals surface area contributed by atoms with Crippen LogP contribution in [0.4, 0.5) is 0 Å². The van der Waals surface area contributed by atoms with E-state index in [2.05, 4.69) is 0 Å². The number of Topliss-reactive ketones (excluding diaryl/α,β-unsaturated/α-hetero) is 1. The molecule has 0 atom stereocenters. The zero-order valence-corrected chi connectivity index (χ0v) is 16.8. The van der Waals surface area contributed by atoms with Gasteiger partial charge in [-0.15, -0.1) is 0 Å². The van der Waals surface area contributed by atoms with Crippen LogP contribution < -0.4 is 9.47 Å². The lowest BCUT2D eigenvalue weighted by atomic mass is 9.89. The molecule has 3 aromatic rings. The third-order valence-corrected chi connectivity index (χ3v) is 5.07. The Labute approximate surface area is 183 Å². The van der Waals surface area contributed by atoms with Crippen LogP contribution in [-0.2, 0) is 11.2 Å². The van der Waals surface area contributed by atoms with Crippen LogP contribution in [0.25, 0.3) is 5.57 Å². The summed E-state index contributed by atoms with van der Waals surface area (Å²) in [6, 6.07) is 19.2. The molecule has 7 nitrogen and oxygen atoms in total. The standard InChI is InChI=1S/C25H18O7/c26-23(16-6-8-17(9-7-16)24(27)28)19(12-15-4-2-1-3-5-15)22(25(29)30)18-10-11-20-21(13-18)32-14-31-20/h1-11,13H,12,14H2,(H,27,28)(H,29,30)/b22-19-. The maximum atomic E-state index is 13.5. The number of ether oxygens (including phenoxy) is 2. The van der Waals surface area contributed by atoms with E-state index in [0.29, 0.717) is 17.1 Å². The fourth-order valence-electron chi connectivity index (χ4n) is 3.50. The number of rotatable bonds is 7. The summed E-state index contributed by atoms with van der Waals surface area (Å²) in [6.45, 7) is 0.0383. The van der Waals surface area contributed by atoms with Crippen LogP contribution in [0.3, 0.4) is 0 Å². The van der Waals surface area contributed by atoms with Gasteiger partial charge < -0.3 is 19.7 Å². The molecule has 160 valence electrons. The molecule has 32 heavy (non-hydrogen) atoms. The summed E-state index contributed by atoms with van der Waals surface area (Å²) >= 11 is 0. The maximum absolute atomic E-state index is 13.5. The third-order valence-electron chi connectivity index (χ3n) is 5.07. The highest BCUT2D eigenvalue weighted by molar-refractivity contribution is 6.26. The first-order valence-electron chi connectivity index (χ1n) is 9.72. The van der Waals surface area contributed by atoms with Gasteiger partial charge in [0.25, 0.3) is 0 Å². The number of benzene rings is 3. The van der Waals surface area contributed by atoms with Gasteiger partial charge in [-0.1, -0.05) is 48.5 Å². The molecule has 0 saturated carbocycles. The second-order valence-electron chi connectivity index (χ2n) is 7.10. The highest BCUT2D eigenvalue weighted by Crippen LogP contribution is 2.36. The van der Waals surface area contributed by atoms with E-state index in [1.807, 2.05) is 6.07 Å². The van der Waals surface area contributed by atoms with E-state index in [1.54, 1.807) is 36.4 Å². The summed E-state index contributed by atoms with van der Waals surface area (Å²) < 4.78 is 10.7. The number of hydrogen-bond donors (Lipinski definition) is 2. The number of carboxylic acid groups (broad SMARTS) is 2. The number of hydrogen-bond acceptors (Lipinski definition) is 5. The summed E-state index contributed by atoms with van der Waals surface area (Å²) in [4.78, 5) is 36.9. The Balaban J connectivity index is 1.85. The first-order valence-corrected chi connectivity index (χ1v) is 9.72. The van der Waals surface area contributed by atoms with Gasteiger partial charge in [0, 0.05) is 17.6 Å². The molecular weight excluding hydrogens is 412 g/mol. The summed E-state index contributed by atoms with van der Waals surface area (Å²) in [5.74, 6) is -1.97. The summed E-state index contributed by atoms with van der Waals surface area (Å²) in [5.41, 5.74) is 1.22. The fourth-order valence-corrected chi connectivity index (χ4v) is 3.50. The van der Waals surface area contributed by atoms with Crippen molar-refractivity contribution in [1.82, 2.24) is 0 Å². The van der Waals surface area contributed by atoms with Gasteiger partial charge in [0.1, 0.15) is 0 Å². The zero-order chi connectivity index (χ0) is 22.7. The largest absolute Gasteiger partial charge is 0.478 e. The predicted molar refractivity (Wildman–Crippen MR) is 115 cm³/mol. The van der Waals surface area contributed by atoms with Gasteiger partial charge >= 0.3 is 11.9 Å². The second kappa shape index (κ2) is 8.77. The molecule has 0 unspecified atom stereocenters. The van der Waals surface area contributed by atoms with E-state index in [1.165, 1.54) is 30.3 Å². The molecule has 0 aromatic heterocycles. The predicted octanol–water partition coefficient (Wildman–Crippen LogP) is 4.08. The van der Waals surface area contributed by atoms with Crippen LogP contribution in [0.15, 0.2) is 78.4 Å². The molecule has 1 aliphatic rings. The van der Waals surface area contributed by atoms with E-state index in [0.717, 1.165) is 5.56 Å². The number of ketones is 1. The van der Waals surface area contributed by atoms with Gasteiger partial charge in [-0.2, -0.15) is 0 Å². The van der Waals surface area contributed by atoms with Crippen molar-refractivity contribution in [2.45, 2.75) is 6.42 Å². The smallest absolute Gasteiger partial charge is 0.336 e. The highest BCUT2D eigenvalue weighted by Gasteiger charge is 2.26. The quantitative estimate of drug-likeness (QED) is 0.429. The van der Waals surface area contributed by atoms with E-state index in [-0.39, 0.29) is 35.5 Å². The number of aromatic carboxylic acids is 1. The lowest BCUT2D eigenvalue weighted by Crippen LogP contribution is -2.14. The van der Waals surface area contributed by atoms with E-state index in [9.17, 15) is 19.5 Å². The van der Waals surface area contributed by atoms with Crippen LogP contribution in [-0.4, -0.2) is 34.7 Å². The van der Waals surface area contributed by atoms with Crippen molar-refractivity contribution in [3.05, 3.63) is 101 Å². The molecule has 0 bridgehead atoms. The van der Waals surface area contributed by atoms with Crippen LogP contribution in [0.2, 0.25) is 0 Å². The molecular formula is C25H18O7. The van der Waals surface area contributed by atoms with Crippen LogP contribution in [0.1, 0.15) is 31.8 Å². The van der Waals surface area contributed by atoms with E-state index < -0.39 is 17.7 Å².